The Morgan fingerprint density at radius 1 is 1.00 bits per heavy atom. The predicted octanol–water partition coefficient (Wildman–Crippen LogP) is 3.07. The molecule has 1 aromatic rings. The van der Waals surface area contributed by atoms with Crippen LogP contribution in [0.3, 0.4) is 0 Å². The van der Waals surface area contributed by atoms with Gasteiger partial charge in [-0.15, -0.1) is 0 Å². The monoisotopic (exact) mass is 294 g/mol. The summed E-state index contributed by atoms with van der Waals surface area (Å²) in [5.74, 6) is 2.20. The molecule has 0 fully saturated rings. The van der Waals surface area contributed by atoms with E-state index in [4.69, 9.17) is 15.2 Å². The van der Waals surface area contributed by atoms with Gasteiger partial charge in [-0.1, -0.05) is 13.8 Å². The first-order valence-corrected chi connectivity index (χ1v) is 7.61. The van der Waals surface area contributed by atoms with Gasteiger partial charge >= 0.3 is 0 Å². The summed E-state index contributed by atoms with van der Waals surface area (Å²) in [6.07, 6.45) is 0. The molecule has 0 aromatic heterocycles. The second kappa shape index (κ2) is 8.25. The molecule has 21 heavy (non-hydrogen) atoms. The van der Waals surface area contributed by atoms with Gasteiger partial charge in [0.1, 0.15) is 11.5 Å². The zero-order chi connectivity index (χ0) is 16.0. The van der Waals surface area contributed by atoms with Gasteiger partial charge in [-0.05, 0) is 37.5 Å². The fourth-order valence-electron chi connectivity index (χ4n) is 2.60. The number of nitrogens with zero attached hydrogens (tertiary/aromatic N) is 1. The van der Waals surface area contributed by atoms with E-state index in [0.29, 0.717) is 18.5 Å². The topological polar surface area (TPSA) is 47.7 Å². The molecular weight excluding hydrogens is 264 g/mol. The molecule has 0 spiro atoms. The number of hydrogen-bond donors (Lipinski definition) is 1. The van der Waals surface area contributed by atoms with Crippen LogP contribution in [0.5, 0.6) is 11.5 Å². The predicted molar refractivity (Wildman–Crippen MR) is 88.0 cm³/mol. The molecule has 0 saturated heterocycles. The Bertz CT molecular complexity index is 411. The molecule has 0 aliphatic carbocycles. The van der Waals surface area contributed by atoms with Gasteiger partial charge in [0, 0.05) is 31.2 Å². The zero-order valence-electron chi connectivity index (χ0n) is 14.2. The van der Waals surface area contributed by atoms with Crippen molar-refractivity contribution in [3.8, 4) is 11.5 Å². The Balaban J connectivity index is 3.17. The van der Waals surface area contributed by atoms with Crippen LogP contribution in [0.1, 0.15) is 39.3 Å². The van der Waals surface area contributed by atoms with Gasteiger partial charge in [-0.25, -0.2) is 0 Å². The average molecular weight is 294 g/mol. The lowest BCUT2D eigenvalue weighted by molar-refractivity contribution is 0.138. The first-order valence-electron chi connectivity index (χ1n) is 7.61. The van der Waals surface area contributed by atoms with Gasteiger partial charge < -0.3 is 15.2 Å². The minimum atomic E-state index is 0.163. The Morgan fingerprint density at radius 2 is 1.52 bits per heavy atom. The van der Waals surface area contributed by atoms with E-state index in [0.717, 1.165) is 23.6 Å². The third kappa shape index (κ3) is 4.90. The quantitative estimate of drug-likeness (QED) is 0.800. The fourth-order valence-corrected chi connectivity index (χ4v) is 2.60. The molecule has 0 saturated carbocycles. The van der Waals surface area contributed by atoms with Gasteiger partial charge in [-0.2, -0.15) is 0 Å². The molecule has 1 aromatic carbocycles. The van der Waals surface area contributed by atoms with Gasteiger partial charge in [-0.3, -0.25) is 4.90 Å². The normalized spacial score (nSPS) is 13.0. The van der Waals surface area contributed by atoms with E-state index >= 15 is 0 Å². The highest BCUT2D eigenvalue weighted by molar-refractivity contribution is 5.40. The van der Waals surface area contributed by atoms with Crippen molar-refractivity contribution < 1.29 is 9.47 Å². The number of nitrogens with two attached hydrogens (primary N) is 1. The number of benzene rings is 1. The number of hydrogen-bond acceptors (Lipinski definition) is 4. The van der Waals surface area contributed by atoms with E-state index in [1.165, 1.54) is 0 Å². The lowest BCUT2D eigenvalue weighted by Crippen LogP contribution is -2.40. The first-order chi connectivity index (χ1) is 9.92. The lowest BCUT2D eigenvalue weighted by Gasteiger charge is -2.36. The molecule has 0 bridgehead atoms. The van der Waals surface area contributed by atoms with Crippen LogP contribution in [-0.4, -0.2) is 38.3 Å². The molecule has 4 heteroatoms. The van der Waals surface area contributed by atoms with Gasteiger partial charge in [0.2, 0.25) is 0 Å². The van der Waals surface area contributed by atoms with Crippen LogP contribution in [0.25, 0.3) is 0 Å². The third-order valence-electron chi connectivity index (χ3n) is 3.62. The maximum absolute atomic E-state index is 6.08. The van der Waals surface area contributed by atoms with E-state index in [-0.39, 0.29) is 6.04 Å². The number of methoxy groups -OCH3 is 2. The van der Waals surface area contributed by atoms with Crippen LogP contribution in [-0.2, 0) is 0 Å². The average Bonchev–Trinajstić information content (AvgIpc) is 2.46. The molecule has 1 unspecified atom stereocenters. The van der Waals surface area contributed by atoms with Crippen molar-refractivity contribution in [3.63, 3.8) is 0 Å². The van der Waals surface area contributed by atoms with Gasteiger partial charge in [0.25, 0.3) is 0 Å². The second-order valence-corrected chi connectivity index (χ2v) is 6.08. The summed E-state index contributed by atoms with van der Waals surface area (Å²) in [5, 5.41) is 0. The zero-order valence-corrected chi connectivity index (χ0v) is 14.2. The molecule has 0 aliphatic rings. The largest absolute Gasteiger partial charge is 0.497 e. The van der Waals surface area contributed by atoms with Crippen LogP contribution in [0.15, 0.2) is 18.2 Å². The summed E-state index contributed by atoms with van der Waals surface area (Å²) in [6.45, 7) is 10.5. The van der Waals surface area contributed by atoms with Crippen molar-refractivity contribution in [2.45, 2.75) is 39.8 Å². The molecule has 0 amide bonds. The maximum atomic E-state index is 6.08. The van der Waals surface area contributed by atoms with Crippen molar-refractivity contribution in [2.75, 3.05) is 27.3 Å². The highest BCUT2D eigenvalue weighted by atomic mass is 16.5. The molecule has 0 radical (unpaired) electrons. The molecule has 1 atom stereocenters. The van der Waals surface area contributed by atoms with E-state index in [1.54, 1.807) is 14.2 Å². The highest BCUT2D eigenvalue weighted by Gasteiger charge is 2.23. The number of rotatable bonds is 8. The van der Waals surface area contributed by atoms with Crippen LogP contribution >= 0.6 is 0 Å². The summed E-state index contributed by atoms with van der Waals surface area (Å²) in [5.41, 5.74) is 7.22. The molecule has 120 valence electrons. The van der Waals surface area contributed by atoms with Crippen molar-refractivity contribution in [1.82, 2.24) is 4.90 Å². The lowest BCUT2D eigenvalue weighted by atomic mass is 10.0. The van der Waals surface area contributed by atoms with Crippen LogP contribution in [0.4, 0.5) is 0 Å². The first kappa shape index (κ1) is 17.8. The molecule has 4 nitrogen and oxygen atoms in total. The summed E-state index contributed by atoms with van der Waals surface area (Å²) in [4.78, 5) is 2.44. The Kier molecular flexibility index (Phi) is 6.99. The van der Waals surface area contributed by atoms with Gasteiger partial charge in [0.15, 0.2) is 0 Å². The van der Waals surface area contributed by atoms with Crippen LogP contribution < -0.4 is 15.2 Å². The van der Waals surface area contributed by atoms with Crippen LogP contribution in [0, 0.1) is 5.92 Å². The SMILES string of the molecule is COc1cc(OC)cc(C(CN)N(CC(C)C)C(C)C)c1. The van der Waals surface area contributed by atoms with E-state index in [1.807, 2.05) is 6.07 Å². The van der Waals surface area contributed by atoms with Crippen molar-refractivity contribution in [2.24, 2.45) is 11.7 Å². The smallest absolute Gasteiger partial charge is 0.122 e. The van der Waals surface area contributed by atoms with Crippen molar-refractivity contribution >= 4 is 0 Å². The molecule has 1 rings (SSSR count). The Hall–Kier alpha value is -1.26. The number of ether oxygens (including phenoxy) is 2. The maximum Gasteiger partial charge on any atom is 0.122 e. The minimum absolute atomic E-state index is 0.163. The Morgan fingerprint density at radius 3 is 1.86 bits per heavy atom. The Labute approximate surface area is 129 Å². The van der Waals surface area contributed by atoms with E-state index in [2.05, 4.69) is 44.7 Å². The van der Waals surface area contributed by atoms with Crippen molar-refractivity contribution in [3.05, 3.63) is 23.8 Å². The van der Waals surface area contributed by atoms with E-state index in [9.17, 15) is 0 Å². The molecule has 0 aliphatic heterocycles. The third-order valence-corrected chi connectivity index (χ3v) is 3.62. The molecule has 0 heterocycles. The minimum Gasteiger partial charge on any atom is -0.497 e. The summed E-state index contributed by atoms with van der Waals surface area (Å²) in [6, 6.07) is 6.58. The van der Waals surface area contributed by atoms with Crippen LogP contribution in [0.2, 0.25) is 0 Å². The standard InChI is InChI=1S/C17H30N2O2/c1-12(2)11-19(13(3)4)17(10-18)14-7-15(20-5)9-16(8-14)21-6/h7-9,12-13,17H,10-11,18H2,1-6H3. The van der Waals surface area contributed by atoms with Crippen molar-refractivity contribution in [1.29, 1.82) is 0 Å². The summed E-state index contributed by atoms with van der Waals surface area (Å²) in [7, 11) is 3.34. The fraction of sp³-hybridized carbons (Fsp3) is 0.647. The second-order valence-electron chi connectivity index (χ2n) is 6.08. The van der Waals surface area contributed by atoms with Gasteiger partial charge in [0.05, 0.1) is 14.2 Å². The highest BCUT2D eigenvalue weighted by Crippen LogP contribution is 2.30. The van der Waals surface area contributed by atoms with E-state index < -0.39 is 0 Å². The molecular formula is C17H30N2O2. The summed E-state index contributed by atoms with van der Waals surface area (Å²) < 4.78 is 10.7. The molecule has 2 N–H and O–H groups in total. The summed E-state index contributed by atoms with van der Waals surface area (Å²) >= 11 is 0.